The SMILES string of the molecule is CC(C)(CO)CNC(=O)C1CC2CCC1C2. The highest BCUT2D eigenvalue weighted by Gasteiger charge is 2.43. The van der Waals surface area contributed by atoms with E-state index in [0.29, 0.717) is 12.5 Å². The van der Waals surface area contributed by atoms with E-state index in [4.69, 9.17) is 5.11 Å². The summed E-state index contributed by atoms with van der Waals surface area (Å²) in [5, 5.41) is 12.1. The average Bonchev–Trinajstić information content (AvgIpc) is 2.87. The van der Waals surface area contributed by atoms with Gasteiger partial charge in [0.15, 0.2) is 0 Å². The first-order valence-corrected chi connectivity index (χ1v) is 6.40. The van der Waals surface area contributed by atoms with Gasteiger partial charge in [-0.05, 0) is 31.1 Å². The fourth-order valence-corrected chi connectivity index (χ4v) is 3.08. The average molecular weight is 225 g/mol. The molecule has 2 rings (SSSR count). The third-order valence-electron chi connectivity index (χ3n) is 4.24. The van der Waals surface area contributed by atoms with E-state index < -0.39 is 0 Å². The van der Waals surface area contributed by atoms with Crippen LogP contribution in [0.3, 0.4) is 0 Å². The van der Waals surface area contributed by atoms with Crippen LogP contribution in [-0.2, 0) is 4.79 Å². The number of carbonyl (C=O) groups is 1. The molecule has 0 heterocycles. The van der Waals surface area contributed by atoms with Gasteiger partial charge in [-0.15, -0.1) is 0 Å². The fourth-order valence-electron chi connectivity index (χ4n) is 3.08. The highest BCUT2D eigenvalue weighted by Crippen LogP contribution is 2.48. The molecule has 3 unspecified atom stereocenters. The number of amides is 1. The van der Waals surface area contributed by atoms with E-state index >= 15 is 0 Å². The van der Waals surface area contributed by atoms with Gasteiger partial charge in [0.2, 0.25) is 5.91 Å². The summed E-state index contributed by atoms with van der Waals surface area (Å²) < 4.78 is 0. The second-order valence-electron chi connectivity index (χ2n) is 6.32. The highest BCUT2D eigenvalue weighted by atomic mass is 16.3. The van der Waals surface area contributed by atoms with Crippen molar-refractivity contribution in [3.05, 3.63) is 0 Å². The van der Waals surface area contributed by atoms with Crippen molar-refractivity contribution < 1.29 is 9.90 Å². The van der Waals surface area contributed by atoms with Crippen LogP contribution in [0.5, 0.6) is 0 Å². The lowest BCUT2D eigenvalue weighted by Gasteiger charge is -2.25. The quantitative estimate of drug-likeness (QED) is 0.763. The van der Waals surface area contributed by atoms with Gasteiger partial charge in [-0.1, -0.05) is 20.3 Å². The van der Waals surface area contributed by atoms with E-state index in [2.05, 4.69) is 5.32 Å². The molecule has 3 nitrogen and oxygen atoms in total. The molecule has 0 radical (unpaired) electrons. The summed E-state index contributed by atoms with van der Waals surface area (Å²) in [5.41, 5.74) is -0.201. The summed E-state index contributed by atoms with van der Waals surface area (Å²) in [6, 6.07) is 0. The van der Waals surface area contributed by atoms with Gasteiger partial charge in [0.05, 0.1) is 0 Å². The standard InChI is InChI=1S/C13H23NO2/c1-13(2,8-15)7-14-12(16)11-6-9-3-4-10(11)5-9/h9-11,15H,3-8H2,1-2H3,(H,14,16). The molecule has 2 fully saturated rings. The second kappa shape index (κ2) is 4.36. The van der Waals surface area contributed by atoms with Crippen LogP contribution in [0.25, 0.3) is 0 Å². The predicted molar refractivity (Wildman–Crippen MR) is 62.8 cm³/mol. The Bertz CT molecular complexity index is 275. The van der Waals surface area contributed by atoms with Crippen molar-refractivity contribution in [3.8, 4) is 0 Å². The minimum absolute atomic E-state index is 0.115. The molecular formula is C13H23NO2. The number of carbonyl (C=O) groups excluding carboxylic acids is 1. The Morgan fingerprint density at radius 1 is 1.38 bits per heavy atom. The van der Waals surface area contributed by atoms with Gasteiger partial charge >= 0.3 is 0 Å². The van der Waals surface area contributed by atoms with Crippen molar-refractivity contribution in [2.75, 3.05) is 13.2 Å². The molecule has 3 heteroatoms. The van der Waals surface area contributed by atoms with Crippen molar-refractivity contribution in [1.29, 1.82) is 0 Å². The maximum Gasteiger partial charge on any atom is 0.223 e. The maximum absolute atomic E-state index is 12.0. The first-order valence-electron chi connectivity index (χ1n) is 6.40. The maximum atomic E-state index is 12.0. The monoisotopic (exact) mass is 225 g/mol. The summed E-state index contributed by atoms with van der Waals surface area (Å²) in [6.45, 7) is 4.63. The topological polar surface area (TPSA) is 49.3 Å². The zero-order chi connectivity index (χ0) is 11.8. The molecule has 0 aromatic rings. The molecule has 2 saturated carbocycles. The third kappa shape index (κ3) is 2.40. The molecule has 92 valence electrons. The summed E-state index contributed by atoms with van der Waals surface area (Å²) in [7, 11) is 0. The van der Waals surface area contributed by atoms with Gasteiger partial charge < -0.3 is 10.4 Å². The van der Waals surface area contributed by atoms with Crippen LogP contribution in [0.15, 0.2) is 0 Å². The summed E-state index contributed by atoms with van der Waals surface area (Å²) in [6.07, 6.45) is 4.93. The van der Waals surface area contributed by atoms with Crippen LogP contribution in [0.4, 0.5) is 0 Å². The van der Waals surface area contributed by atoms with Crippen molar-refractivity contribution in [2.45, 2.75) is 39.5 Å². The first kappa shape index (κ1) is 11.9. The van der Waals surface area contributed by atoms with Gasteiger partial charge in [-0.25, -0.2) is 0 Å². The van der Waals surface area contributed by atoms with E-state index in [1.54, 1.807) is 0 Å². The second-order valence-corrected chi connectivity index (χ2v) is 6.32. The Labute approximate surface area is 97.6 Å². The van der Waals surface area contributed by atoms with Crippen LogP contribution in [0.2, 0.25) is 0 Å². The lowest BCUT2D eigenvalue weighted by atomic mass is 9.87. The molecule has 0 saturated heterocycles. The predicted octanol–water partition coefficient (Wildman–Crippen LogP) is 1.56. The molecule has 2 N–H and O–H groups in total. The van der Waals surface area contributed by atoms with Crippen LogP contribution >= 0.6 is 0 Å². The van der Waals surface area contributed by atoms with Crippen LogP contribution in [0.1, 0.15) is 39.5 Å². The van der Waals surface area contributed by atoms with Crippen molar-refractivity contribution >= 4 is 5.91 Å². The Morgan fingerprint density at radius 2 is 2.12 bits per heavy atom. The van der Waals surface area contributed by atoms with E-state index in [1.165, 1.54) is 19.3 Å². The zero-order valence-electron chi connectivity index (χ0n) is 10.3. The molecular weight excluding hydrogens is 202 g/mol. The number of rotatable bonds is 4. The number of fused-ring (bicyclic) bond motifs is 2. The molecule has 3 atom stereocenters. The van der Waals surface area contributed by atoms with Crippen molar-refractivity contribution in [2.24, 2.45) is 23.2 Å². The molecule has 16 heavy (non-hydrogen) atoms. The van der Waals surface area contributed by atoms with E-state index in [9.17, 15) is 4.79 Å². The Balaban J connectivity index is 1.81. The smallest absolute Gasteiger partial charge is 0.223 e. The van der Waals surface area contributed by atoms with Crippen LogP contribution in [-0.4, -0.2) is 24.2 Å². The van der Waals surface area contributed by atoms with Gasteiger partial charge in [-0.2, -0.15) is 0 Å². The van der Waals surface area contributed by atoms with Gasteiger partial charge in [-0.3, -0.25) is 4.79 Å². The normalized spacial score (nSPS) is 33.1. The van der Waals surface area contributed by atoms with E-state index in [0.717, 1.165) is 12.3 Å². The number of hydrogen-bond acceptors (Lipinski definition) is 2. The molecule has 0 aromatic heterocycles. The van der Waals surface area contributed by atoms with E-state index in [1.807, 2.05) is 13.8 Å². The van der Waals surface area contributed by atoms with Crippen molar-refractivity contribution in [1.82, 2.24) is 5.32 Å². The zero-order valence-corrected chi connectivity index (χ0v) is 10.3. The lowest BCUT2D eigenvalue weighted by molar-refractivity contribution is -0.127. The molecule has 2 aliphatic carbocycles. The minimum atomic E-state index is -0.201. The molecule has 1 amide bonds. The number of hydrogen-bond donors (Lipinski definition) is 2. The van der Waals surface area contributed by atoms with Crippen LogP contribution < -0.4 is 5.32 Å². The van der Waals surface area contributed by atoms with Crippen LogP contribution in [0, 0.1) is 23.2 Å². The summed E-state index contributed by atoms with van der Waals surface area (Å²) in [5.74, 6) is 1.93. The van der Waals surface area contributed by atoms with E-state index in [-0.39, 0.29) is 23.8 Å². The number of aliphatic hydroxyl groups excluding tert-OH is 1. The molecule has 0 spiro atoms. The summed E-state index contributed by atoms with van der Waals surface area (Å²) >= 11 is 0. The Morgan fingerprint density at radius 3 is 2.62 bits per heavy atom. The molecule has 0 aromatic carbocycles. The first-order chi connectivity index (χ1) is 7.52. The van der Waals surface area contributed by atoms with Crippen molar-refractivity contribution in [3.63, 3.8) is 0 Å². The largest absolute Gasteiger partial charge is 0.396 e. The molecule has 0 aliphatic heterocycles. The molecule has 2 aliphatic rings. The summed E-state index contributed by atoms with van der Waals surface area (Å²) in [4.78, 5) is 12.0. The van der Waals surface area contributed by atoms with Gasteiger partial charge in [0.25, 0.3) is 0 Å². The Hall–Kier alpha value is -0.570. The third-order valence-corrected chi connectivity index (χ3v) is 4.24. The number of nitrogens with one attached hydrogen (secondary N) is 1. The Kier molecular flexibility index (Phi) is 3.24. The lowest BCUT2D eigenvalue weighted by Crippen LogP contribution is -2.40. The number of aliphatic hydroxyl groups is 1. The molecule has 2 bridgehead atoms. The van der Waals surface area contributed by atoms with Gasteiger partial charge in [0.1, 0.15) is 0 Å². The highest BCUT2D eigenvalue weighted by molar-refractivity contribution is 5.79. The minimum Gasteiger partial charge on any atom is -0.396 e. The fraction of sp³-hybridized carbons (Fsp3) is 0.923. The van der Waals surface area contributed by atoms with Gasteiger partial charge in [0, 0.05) is 24.5 Å².